The summed E-state index contributed by atoms with van der Waals surface area (Å²) >= 11 is 0. The van der Waals surface area contributed by atoms with E-state index < -0.39 is 18.1 Å². The van der Waals surface area contributed by atoms with Crippen LogP contribution < -0.4 is 0 Å². The van der Waals surface area contributed by atoms with Gasteiger partial charge in [0, 0.05) is 12.6 Å². The molecule has 0 fully saturated rings. The first kappa shape index (κ1) is 9.50. The van der Waals surface area contributed by atoms with Crippen molar-refractivity contribution in [1.29, 1.82) is 0 Å². The number of rotatable bonds is 1. The maximum Gasteiger partial charge on any atom is 0.408 e. The number of carbonyl (C=O) groups is 2. The summed E-state index contributed by atoms with van der Waals surface area (Å²) in [4.78, 5) is 22.7. The van der Waals surface area contributed by atoms with Gasteiger partial charge in [0.25, 0.3) is 0 Å². The lowest BCUT2D eigenvalue weighted by Crippen LogP contribution is -2.32. The van der Waals surface area contributed by atoms with Crippen LogP contribution in [0.25, 0.3) is 0 Å². The van der Waals surface area contributed by atoms with E-state index >= 15 is 0 Å². The highest BCUT2D eigenvalue weighted by molar-refractivity contribution is 5.82. The molecule has 1 aromatic heterocycles. The van der Waals surface area contributed by atoms with Gasteiger partial charge in [-0.3, -0.25) is 9.58 Å². The van der Waals surface area contributed by atoms with E-state index in [0.717, 1.165) is 4.90 Å². The van der Waals surface area contributed by atoms with Gasteiger partial charge < -0.3 is 10.2 Å². The molecule has 0 spiro atoms. The molecule has 2 heterocycles. The highest BCUT2D eigenvalue weighted by atomic mass is 16.4. The lowest BCUT2D eigenvalue weighted by molar-refractivity contribution is -0.142. The SMILES string of the molecule is Cn1ncc2c1CN(C(=O)O)C2C(=O)O. The summed E-state index contributed by atoms with van der Waals surface area (Å²) in [6.45, 7) is 0.0676. The summed E-state index contributed by atoms with van der Waals surface area (Å²) in [6, 6.07) is -1.13. The van der Waals surface area contributed by atoms with Crippen LogP contribution >= 0.6 is 0 Å². The summed E-state index contributed by atoms with van der Waals surface area (Å²) < 4.78 is 1.49. The molecule has 1 aliphatic heterocycles. The quantitative estimate of drug-likeness (QED) is 0.683. The first-order chi connectivity index (χ1) is 7.02. The summed E-state index contributed by atoms with van der Waals surface area (Å²) in [7, 11) is 1.66. The number of amides is 1. The van der Waals surface area contributed by atoms with Crippen LogP contribution in [0.4, 0.5) is 4.79 Å². The van der Waals surface area contributed by atoms with Gasteiger partial charge in [0.1, 0.15) is 0 Å². The molecule has 1 unspecified atom stereocenters. The van der Waals surface area contributed by atoms with E-state index in [1.54, 1.807) is 7.05 Å². The fourth-order valence-electron chi connectivity index (χ4n) is 1.77. The fraction of sp³-hybridized carbons (Fsp3) is 0.375. The number of hydrogen-bond donors (Lipinski definition) is 2. The molecule has 7 heteroatoms. The van der Waals surface area contributed by atoms with Crippen molar-refractivity contribution in [2.45, 2.75) is 12.6 Å². The molecule has 2 rings (SSSR count). The van der Waals surface area contributed by atoms with Crippen molar-refractivity contribution in [3.8, 4) is 0 Å². The van der Waals surface area contributed by atoms with Gasteiger partial charge in [-0.1, -0.05) is 0 Å². The van der Waals surface area contributed by atoms with Gasteiger partial charge in [0.05, 0.1) is 18.4 Å². The number of carboxylic acid groups (broad SMARTS) is 2. The molecule has 0 aromatic carbocycles. The van der Waals surface area contributed by atoms with Crippen LogP contribution in [0.5, 0.6) is 0 Å². The highest BCUT2D eigenvalue weighted by Gasteiger charge is 2.40. The average molecular weight is 211 g/mol. The molecule has 0 radical (unpaired) electrons. The van der Waals surface area contributed by atoms with E-state index in [2.05, 4.69) is 5.10 Å². The number of nitrogens with zero attached hydrogens (tertiary/aromatic N) is 3. The number of hydrogen-bond acceptors (Lipinski definition) is 3. The minimum Gasteiger partial charge on any atom is -0.479 e. The van der Waals surface area contributed by atoms with Gasteiger partial charge >= 0.3 is 12.1 Å². The second-order valence-corrected chi connectivity index (χ2v) is 3.32. The van der Waals surface area contributed by atoms with Crippen LogP contribution in [-0.4, -0.2) is 37.0 Å². The maximum absolute atomic E-state index is 10.9. The van der Waals surface area contributed by atoms with Crippen molar-refractivity contribution < 1.29 is 19.8 Å². The van der Waals surface area contributed by atoms with Crippen molar-refractivity contribution in [1.82, 2.24) is 14.7 Å². The van der Waals surface area contributed by atoms with Gasteiger partial charge in [-0.2, -0.15) is 5.10 Å². The minimum atomic E-state index is -1.24. The predicted octanol–water partition coefficient (Wildman–Crippen LogP) is 0.0394. The van der Waals surface area contributed by atoms with E-state index in [4.69, 9.17) is 10.2 Å². The van der Waals surface area contributed by atoms with Crippen LogP contribution in [0.1, 0.15) is 17.3 Å². The fourth-order valence-corrected chi connectivity index (χ4v) is 1.77. The first-order valence-corrected chi connectivity index (χ1v) is 4.25. The number of aryl methyl sites for hydroxylation is 1. The highest BCUT2D eigenvalue weighted by Crippen LogP contribution is 2.33. The normalized spacial score (nSPS) is 19.0. The number of aromatic nitrogens is 2. The van der Waals surface area contributed by atoms with Crippen LogP contribution in [0.15, 0.2) is 6.20 Å². The van der Waals surface area contributed by atoms with Crippen molar-refractivity contribution >= 4 is 12.1 Å². The standard InChI is InChI=1S/C8H9N3O4/c1-10-5-3-11(8(14)15)6(7(12)13)4(5)2-9-10/h2,6H,3H2,1H3,(H,12,13)(H,14,15). The van der Waals surface area contributed by atoms with E-state index in [9.17, 15) is 9.59 Å². The number of carboxylic acids is 1. The van der Waals surface area contributed by atoms with Crippen molar-refractivity contribution in [3.63, 3.8) is 0 Å². The Hall–Kier alpha value is -2.05. The zero-order valence-corrected chi connectivity index (χ0v) is 7.91. The van der Waals surface area contributed by atoms with Gasteiger partial charge in [0.2, 0.25) is 0 Å². The zero-order chi connectivity index (χ0) is 11.2. The van der Waals surface area contributed by atoms with Gasteiger partial charge in [-0.15, -0.1) is 0 Å². The second kappa shape index (κ2) is 2.97. The van der Waals surface area contributed by atoms with Crippen LogP contribution in [-0.2, 0) is 18.4 Å². The smallest absolute Gasteiger partial charge is 0.408 e. The third kappa shape index (κ3) is 1.24. The Kier molecular flexibility index (Phi) is 1.88. The lowest BCUT2D eigenvalue weighted by Gasteiger charge is -2.17. The third-order valence-corrected chi connectivity index (χ3v) is 2.50. The van der Waals surface area contributed by atoms with Gasteiger partial charge in [-0.05, 0) is 0 Å². The Bertz CT molecular complexity index is 439. The maximum atomic E-state index is 10.9. The molecule has 1 amide bonds. The predicted molar refractivity (Wildman–Crippen MR) is 47.2 cm³/mol. The topological polar surface area (TPSA) is 95.7 Å². The second-order valence-electron chi connectivity index (χ2n) is 3.32. The monoisotopic (exact) mass is 211 g/mol. The third-order valence-electron chi connectivity index (χ3n) is 2.50. The molecule has 15 heavy (non-hydrogen) atoms. The molecular formula is C8H9N3O4. The molecule has 0 saturated heterocycles. The van der Waals surface area contributed by atoms with E-state index in [0.29, 0.717) is 11.3 Å². The molecule has 1 aliphatic rings. The molecule has 2 N–H and O–H groups in total. The Morgan fingerprint density at radius 1 is 1.53 bits per heavy atom. The van der Waals surface area contributed by atoms with Gasteiger partial charge in [-0.25, -0.2) is 9.59 Å². The molecule has 80 valence electrons. The molecule has 0 saturated carbocycles. The van der Waals surface area contributed by atoms with Crippen molar-refractivity contribution in [3.05, 3.63) is 17.5 Å². The minimum absolute atomic E-state index is 0.0676. The molecule has 1 aromatic rings. The van der Waals surface area contributed by atoms with E-state index in [1.807, 2.05) is 0 Å². The molecular weight excluding hydrogens is 202 g/mol. The lowest BCUT2D eigenvalue weighted by atomic mass is 10.1. The number of fused-ring (bicyclic) bond motifs is 1. The summed E-state index contributed by atoms with van der Waals surface area (Å²) in [5.74, 6) is -1.18. The molecule has 0 aliphatic carbocycles. The van der Waals surface area contributed by atoms with Gasteiger partial charge in [0.15, 0.2) is 6.04 Å². The molecule has 7 nitrogen and oxygen atoms in total. The average Bonchev–Trinajstić information content (AvgIpc) is 2.65. The van der Waals surface area contributed by atoms with Crippen LogP contribution in [0.2, 0.25) is 0 Å². The van der Waals surface area contributed by atoms with Crippen LogP contribution in [0.3, 0.4) is 0 Å². The van der Waals surface area contributed by atoms with Crippen molar-refractivity contribution in [2.75, 3.05) is 0 Å². The van der Waals surface area contributed by atoms with E-state index in [1.165, 1.54) is 10.9 Å². The Balaban J connectivity index is 2.46. The largest absolute Gasteiger partial charge is 0.479 e. The summed E-state index contributed by atoms with van der Waals surface area (Å²) in [5.41, 5.74) is 1.08. The Morgan fingerprint density at radius 2 is 2.20 bits per heavy atom. The van der Waals surface area contributed by atoms with Crippen molar-refractivity contribution in [2.24, 2.45) is 7.05 Å². The van der Waals surface area contributed by atoms with E-state index in [-0.39, 0.29) is 6.54 Å². The van der Waals surface area contributed by atoms with Crippen LogP contribution in [0, 0.1) is 0 Å². The summed E-state index contributed by atoms with van der Waals surface area (Å²) in [6.07, 6.45) is 0.162. The molecule has 1 atom stereocenters. The Labute approximate surface area is 84.5 Å². The number of aliphatic carboxylic acids is 1. The Morgan fingerprint density at radius 3 is 2.73 bits per heavy atom. The molecule has 0 bridgehead atoms. The summed E-state index contributed by atoms with van der Waals surface area (Å²) in [5, 5.41) is 21.7. The first-order valence-electron chi connectivity index (χ1n) is 4.25. The zero-order valence-electron chi connectivity index (χ0n) is 7.91.